The highest BCUT2D eigenvalue weighted by atomic mass is 32.2. The lowest BCUT2D eigenvalue weighted by atomic mass is 10.1. The molecule has 106 valence electrons. The van der Waals surface area contributed by atoms with E-state index >= 15 is 0 Å². The third kappa shape index (κ3) is 4.88. The van der Waals surface area contributed by atoms with Crippen LogP contribution in [0.15, 0.2) is 18.2 Å². The second-order valence-corrected chi connectivity index (χ2v) is 6.18. The summed E-state index contributed by atoms with van der Waals surface area (Å²) in [5.74, 6) is -0.845. The highest BCUT2D eigenvalue weighted by molar-refractivity contribution is 7.90. The molecule has 0 heterocycles. The molecule has 0 fully saturated rings. The Labute approximate surface area is 113 Å². The van der Waals surface area contributed by atoms with Gasteiger partial charge in [-0.05, 0) is 36.6 Å². The third-order valence-electron chi connectivity index (χ3n) is 2.40. The highest BCUT2D eigenvalue weighted by Crippen LogP contribution is 2.17. The molecule has 19 heavy (non-hydrogen) atoms. The maximum absolute atomic E-state index is 11.7. The molecule has 0 aliphatic rings. The van der Waals surface area contributed by atoms with Crippen molar-refractivity contribution in [1.29, 1.82) is 0 Å². The minimum absolute atomic E-state index is 0.121. The Morgan fingerprint density at radius 3 is 2.47 bits per heavy atom. The van der Waals surface area contributed by atoms with Crippen LogP contribution in [-0.2, 0) is 10.2 Å². The Kier molecular flexibility index (Phi) is 4.90. The molecule has 0 aliphatic heterocycles. The van der Waals surface area contributed by atoms with Gasteiger partial charge in [0, 0.05) is 6.54 Å². The topological polar surface area (TPSA) is 95.5 Å². The maximum atomic E-state index is 11.7. The SMILES string of the molecule is Cc1cc(C(=O)O)ccc1NS(=O)(=O)NCC(C)C. The number of rotatable bonds is 6. The van der Waals surface area contributed by atoms with Crippen molar-refractivity contribution in [3.63, 3.8) is 0 Å². The minimum Gasteiger partial charge on any atom is -0.478 e. The van der Waals surface area contributed by atoms with Gasteiger partial charge in [0.2, 0.25) is 0 Å². The molecule has 1 aromatic carbocycles. The number of aromatic carboxylic acids is 1. The molecule has 0 amide bonds. The van der Waals surface area contributed by atoms with Gasteiger partial charge in [-0.1, -0.05) is 13.8 Å². The molecule has 0 bridgehead atoms. The van der Waals surface area contributed by atoms with E-state index in [1.807, 2.05) is 13.8 Å². The van der Waals surface area contributed by atoms with E-state index in [1.54, 1.807) is 6.92 Å². The van der Waals surface area contributed by atoms with E-state index in [0.29, 0.717) is 17.8 Å². The van der Waals surface area contributed by atoms with Crippen molar-refractivity contribution in [1.82, 2.24) is 4.72 Å². The molecule has 0 atom stereocenters. The minimum atomic E-state index is -3.63. The molecular formula is C12H18N2O4S. The normalized spacial score (nSPS) is 11.6. The lowest BCUT2D eigenvalue weighted by Gasteiger charge is -2.13. The van der Waals surface area contributed by atoms with Gasteiger partial charge < -0.3 is 5.11 Å². The van der Waals surface area contributed by atoms with E-state index in [1.165, 1.54) is 18.2 Å². The van der Waals surface area contributed by atoms with E-state index in [-0.39, 0.29) is 11.5 Å². The van der Waals surface area contributed by atoms with Crippen LogP contribution in [0.1, 0.15) is 29.8 Å². The molecule has 0 radical (unpaired) electrons. The van der Waals surface area contributed by atoms with Crippen molar-refractivity contribution in [3.8, 4) is 0 Å². The van der Waals surface area contributed by atoms with Crippen LogP contribution in [0.25, 0.3) is 0 Å². The van der Waals surface area contributed by atoms with Gasteiger partial charge in [0.05, 0.1) is 11.3 Å². The summed E-state index contributed by atoms with van der Waals surface area (Å²) in [6.07, 6.45) is 0. The Balaban J connectivity index is 2.85. The Bertz CT molecular complexity index is 567. The summed E-state index contributed by atoms with van der Waals surface area (Å²) in [5.41, 5.74) is 1.03. The van der Waals surface area contributed by atoms with Crippen molar-refractivity contribution < 1.29 is 18.3 Å². The first-order valence-electron chi connectivity index (χ1n) is 5.82. The Morgan fingerprint density at radius 2 is 2.00 bits per heavy atom. The molecule has 3 N–H and O–H groups in total. The van der Waals surface area contributed by atoms with Gasteiger partial charge in [0.1, 0.15) is 0 Å². The monoisotopic (exact) mass is 286 g/mol. The summed E-state index contributed by atoms with van der Waals surface area (Å²) in [6, 6.07) is 4.21. The van der Waals surface area contributed by atoms with E-state index in [0.717, 1.165) is 0 Å². The maximum Gasteiger partial charge on any atom is 0.335 e. The number of hydrogen-bond donors (Lipinski definition) is 3. The number of aryl methyl sites for hydroxylation is 1. The zero-order chi connectivity index (χ0) is 14.6. The molecule has 1 aromatic rings. The standard InChI is InChI=1S/C12H18N2O4S/c1-8(2)7-13-19(17,18)14-11-5-4-10(12(15)16)6-9(11)3/h4-6,8,13-14H,7H2,1-3H3,(H,15,16). The molecule has 7 heteroatoms. The van der Waals surface area contributed by atoms with E-state index < -0.39 is 16.2 Å². The molecule has 0 saturated carbocycles. The number of anilines is 1. The molecule has 6 nitrogen and oxygen atoms in total. The van der Waals surface area contributed by atoms with Crippen LogP contribution in [0, 0.1) is 12.8 Å². The van der Waals surface area contributed by atoms with Gasteiger partial charge in [-0.25, -0.2) is 4.79 Å². The van der Waals surface area contributed by atoms with Gasteiger partial charge >= 0.3 is 5.97 Å². The first-order valence-corrected chi connectivity index (χ1v) is 7.31. The number of carboxylic acids is 1. The molecule has 0 spiro atoms. The largest absolute Gasteiger partial charge is 0.478 e. The van der Waals surface area contributed by atoms with E-state index in [2.05, 4.69) is 9.44 Å². The fourth-order valence-corrected chi connectivity index (χ4v) is 2.51. The van der Waals surface area contributed by atoms with Crippen molar-refractivity contribution in [2.24, 2.45) is 5.92 Å². The fraction of sp³-hybridized carbons (Fsp3) is 0.417. The first-order chi connectivity index (χ1) is 8.71. The molecular weight excluding hydrogens is 268 g/mol. The second kappa shape index (κ2) is 6.03. The van der Waals surface area contributed by atoms with Gasteiger partial charge in [0.15, 0.2) is 0 Å². The van der Waals surface area contributed by atoms with Gasteiger partial charge in [0.25, 0.3) is 10.2 Å². The predicted molar refractivity (Wildman–Crippen MR) is 73.5 cm³/mol. The molecule has 0 aliphatic carbocycles. The quantitative estimate of drug-likeness (QED) is 0.740. The zero-order valence-electron chi connectivity index (χ0n) is 11.1. The zero-order valence-corrected chi connectivity index (χ0v) is 11.9. The molecule has 1 rings (SSSR count). The number of carboxylic acid groups (broad SMARTS) is 1. The summed E-state index contributed by atoms with van der Waals surface area (Å²) in [7, 11) is -3.63. The summed E-state index contributed by atoms with van der Waals surface area (Å²) in [5, 5.41) is 8.83. The van der Waals surface area contributed by atoms with Gasteiger partial charge in [-0.15, -0.1) is 0 Å². The number of carbonyl (C=O) groups is 1. The van der Waals surface area contributed by atoms with Gasteiger partial charge in [-0.3, -0.25) is 4.72 Å². The predicted octanol–water partition coefficient (Wildman–Crippen LogP) is 1.60. The van der Waals surface area contributed by atoms with Crippen LogP contribution in [0.5, 0.6) is 0 Å². The van der Waals surface area contributed by atoms with Crippen LogP contribution in [-0.4, -0.2) is 26.0 Å². The van der Waals surface area contributed by atoms with E-state index in [9.17, 15) is 13.2 Å². The summed E-state index contributed by atoms with van der Waals surface area (Å²) < 4.78 is 28.3. The smallest absolute Gasteiger partial charge is 0.335 e. The van der Waals surface area contributed by atoms with Crippen LogP contribution in [0.4, 0.5) is 5.69 Å². The van der Waals surface area contributed by atoms with Crippen molar-refractivity contribution in [3.05, 3.63) is 29.3 Å². The van der Waals surface area contributed by atoms with Crippen LogP contribution < -0.4 is 9.44 Å². The molecule has 0 aromatic heterocycles. The van der Waals surface area contributed by atoms with Crippen molar-refractivity contribution >= 4 is 21.9 Å². The van der Waals surface area contributed by atoms with Crippen LogP contribution in [0.3, 0.4) is 0 Å². The van der Waals surface area contributed by atoms with Crippen LogP contribution in [0.2, 0.25) is 0 Å². The average molecular weight is 286 g/mol. The summed E-state index contributed by atoms with van der Waals surface area (Å²) >= 11 is 0. The fourth-order valence-electron chi connectivity index (χ4n) is 1.37. The first kappa shape index (κ1) is 15.5. The average Bonchev–Trinajstić information content (AvgIpc) is 2.29. The van der Waals surface area contributed by atoms with E-state index in [4.69, 9.17) is 5.11 Å². The number of nitrogens with one attached hydrogen (secondary N) is 2. The highest BCUT2D eigenvalue weighted by Gasteiger charge is 2.13. The number of benzene rings is 1. The van der Waals surface area contributed by atoms with Crippen LogP contribution >= 0.6 is 0 Å². The lowest BCUT2D eigenvalue weighted by molar-refractivity contribution is 0.0697. The van der Waals surface area contributed by atoms with Crippen molar-refractivity contribution in [2.75, 3.05) is 11.3 Å². The number of hydrogen-bond acceptors (Lipinski definition) is 3. The third-order valence-corrected chi connectivity index (χ3v) is 3.43. The summed E-state index contributed by atoms with van der Waals surface area (Å²) in [4.78, 5) is 10.8. The second-order valence-electron chi connectivity index (χ2n) is 4.68. The molecule has 0 unspecified atom stereocenters. The summed E-state index contributed by atoms with van der Waals surface area (Å²) in [6.45, 7) is 5.78. The van der Waals surface area contributed by atoms with Gasteiger partial charge in [-0.2, -0.15) is 13.1 Å². The van der Waals surface area contributed by atoms with Crippen molar-refractivity contribution in [2.45, 2.75) is 20.8 Å². The Hall–Kier alpha value is -1.60. The lowest BCUT2D eigenvalue weighted by Crippen LogP contribution is -2.33. The Morgan fingerprint density at radius 1 is 1.37 bits per heavy atom. The molecule has 0 saturated heterocycles.